The Balaban J connectivity index is 1.41. The summed E-state index contributed by atoms with van der Waals surface area (Å²) in [6.07, 6.45) is -15.5. The zero-order valence-corrected chi connectivity index (χ0v) is 38.1. The van der Waals surface area contributed by atoms with Gasteiger partial charge in [0.1, 0.15) is 24.9 Å². The van der Waals surface area contributed by atoms with Crippen molar-refractivity contribution in [2.24, 2.45) is 5.11 Å². The summed E-state index contributed by atoms with van der Waals surface area (Å²) < 4.78 is 60.8. The lowest BCUT2D eigenvalue weighted by Gasteiger charge is -2.47. The highest BCUT2D eigenvalue weighted by Crippen LogP contribution is 2.35. The van der Waals surface area contributed by atoms with Crippen LogP contribution in [0.2, 0.25) is 19.6 Å². The second kappa shape index (κ2) is 23.0. The van der Waals surface area contributed by atoms with Crippen molar-refractivity contribution in [2.75, 3.05) is 13.2 Å². The molecule has 0 amide bonds. The van der Waals surface area contributed by atoms with E-state index in [-0.39, 0.29) is 22.3 Å². The summed E-state index contributed by atoms with van der Waals surface area (Å²) in [6, 6.07) is 31.6. The molecule has 0 unspecified atom stereocenters. The van der Waals surface area contributed by atoms with Crippen molar-refractivity contribution in [1.29, 1.82) is 0 Å². The quantitative estimate of drug-likeness (QED) is 0.0278. The topological polar surface area (TPSA) is 243 Å². The van der Waals surface area contributed by atoms with E-state index in [2.05, 4.69) is 10.0 Å². The molecule has 20 heteroatoms. The standard InChI is InChI=1S/C47H49N3O16Si/c1-28(51)57-26-35-36(62-43(53)30-18-10-6-11-19-30)38(59-29(2)52)41(65-46(56)33-24-16-9-17-25-33)47(61-35)58-27-34-37(63-44(54)31-20-12-7-13-21-31)39(66-67(3,4)5)40(42(60-34)49-50-48)64-45(55)32-22-14-8-15-23-32/h6-25,34-42,47H,26-27H2,1-5H3/t34-,35-,36-,37-,38+,39+,40+,41+,42+,47+/m1/s1. The van der Waals surface area contributed by atoms with Gasteiger partial charge >= 0.3 is 35.8 Å². The van der Waals surface area contributed by atoms with E-state index in [0.717, 1.165) is 13.8 Å². The fraction of sp³-hybridized carbons (Fsp3) is 0.362. The molecule has 0 bridgehead atoms. The van der Waals surface area contributed by atoms with Crippen LogP contribution in [0.4, 0.5) is 0 Å². The maximum atomic E-state index is 13.9. The lowest BCUT2D eigenvalue weighted by molar-refractivity contribution is -0.313. The first-order chi connectivity index (χ1) is 32.1. The minimum Gasteiger partial charge on any atom is -0.463 e. The molecular formula is C47H49N3O16Si. The zero-order valence-electron chi connectivity index (χ0n) is 37.1. The van der Waals surface area contributed by atoms with Crippen molar-refractivity contribution >= 4 is 44.1 Å². The average molecular weight is 940 g/mol. The van der Waals surface area contributed by atoms with Gasteiger partial charge in [0, 0.05) is 18.8 Å². The largest absolute Gasteiger partial charge is 0.463 e. The van der Waals surface area contributed by atoms with Crippen molar-refractivity contribution < 1.29 is 75.8 Å². The number of nitrogens with zero attached hydrogens (tertiary/aromatic N) is 3. The molecule has 0 N–H and O–H groups in total. The number of rotatable bonds is 17. The SMILES string of the molecule is CC(=O)OC[C@H]1O[C@H](OC[C@H]2O[C@H](N=[N+]=[N-])[C@@H](OC(=O)c3ccccc3)[C@@H](O[Si](C)(C)C)[C@@H]2OC(=O)c2ccccc2)[C@@H](OC(=O)c2ccccc2)[C@@H](OC(C)=O)[C@@H]1OC(=O)c1ccccc1. The summed E-state index contributed by atoms with van der Waals surface area (Å²) >= 11 is 0. The first-order valence-corrected chi connectivity index (χ1v) is 24.5. The van der Waals surface area contributed by atoms with Gasteiger partial charge in [0.05, 0.1) is 28.9 Å². The molecule has 19 nitrogen and oxygen atoms in total. The van der Waals surface area contributed by atoms with Gasteiger partial charge in [0.2, 0.25) is 0 Å². The summed E-state index contributed by atoms with van der Waals surface area (Å²) in [7, 11) is -2.71. The van der Waals surface area contributed by atoms with Gasteiger partial charge in [-0.05, 0) is 73.7 Å². The van der Waals surface area contributed by atoms with Gasteiger partial charge in [-0.25, -0.2) is 19.2 Å². The second-order valence-electron chi connectivity index (χ2n) is 16.2. The predicted octanol–water partition coefficient (Wildman–Crippen LogP) is 6.38. The van der Waals surface area contributed by atoms with E-state index in [1.165, 1.54) is 48.5 Å². The Morgan fingerprint density at radius 2 is 0.925 bits per heavy atom. The van der Waals surface area contributed by atoms with Crippen LogP contribution in [-0.2, 0) is 56.6 Å². The summed E-state index contributed by atoms with van der Waals surface area (Å²) in [6.45, 7) is 6.51. The number of hydrogen-bond acceptors (Lipinski definition) is 17. The first-order valence-electron chi connectivity index (χ1n) is 21.1. The highest BCUT2D eigenvalue weighted by molar-refractivity contribution is 6.69. The van der Waals surface area contributed by atoms with Crippen molar-refractivity contribution in [2.45, 2.75) is 94.8 Å². The third kappa shape index (κ3) is 13.6. The van der Waals surface area contributed by atoms with Gasteiger partial charge in [-0.3, -0.25) is 9.59 Å². The molecule has 2 heterocycles. The molecule has 67 heavy (non-hydrogen) atoms. The van der Waals surface area contributed by atoms with E-state index >= 15 is 0 Å². The van der Waals surface area contributed by atoms with E-state index in [4.69, 9.17) is 47.1 Å². The maximum absolute atomic E-state index is 13.9. The Morgan fingerprint density at radius 3 is 1.33 bits per heavy atom. The van der Waals surface area contributed by atoms with Crippen molar-refractivity contribution in [3.8, 4) is 0 Å². The highest BCUT2D eigenvalue weighted by Gasteiger charge is 2.56. The molecule has 2 aliphatic heterocycles. The summed E-state index contributed by atoms with van der Waals surface area (Å²) in [5, 5.41) is 3.82. The smallest absolute Gasteiger partial charge is 0.338 e. The zero-order chi connectivity index (χ0) is 48.1. The monoisotopic (exact) mass is 939 g/mol. The Labute approximate surface area is 386 Å². The van der Waals surface area contributed by atoms with E-state index in [1.807, 2.05) is 19.6 Å². The molecule has 352 valence electrons. The van der Waals surface area contributed by atoms with Crippen LogP contribution in [0.5, 0.6) is 0 Å². The van der Waals surface area contributed by atoms with Crippen LogP contribution >= 0.6 is 0 Å². The molecule has 2 aliphatic rings. The molecule has 6 rings (SSSR count). The molecule has 2 fully saturated rings. The van der Waals surface area contributed by atoms with Gasteiger partial charge in [-0.1, -0.05) is 77.9 Å². The number of carbonyl (C=O) groups excluding carboxylic acids is 6. The lowest BCUT2D eigenvalue weighted by Crippen LogP contribution is -2.65. The van der Waals surface area contributed by atoms with Crippen LogP contribution in [0.15, 0.2) is 126 Å². The molecule has 4 aromatic rings. The van der Waals surface area contributed by atoms with Crippen LogP contribution in [0.1, 0.15) is 55.3 Å². The van der Waals surface area contributed by atoms with E-state index in [9.17, 15) is 34.3 Å². The van der Waals surface area contributed by atoms with Crippen LogP contribution in [0.25, 0.3) is 10.4 Å². The maximum Gasteiger partial charge on any atom is 0.338 e. The molecule has 0 saturated carbocycles. The lowest BCUT2D eigenvalue weighted by atomic mass is 9.96. The number of esters is 6. The van der Waals surface area contributed by atoms with E-state index in [0.29, 0.717) is 0 Å². The molecule has 4 aromatic carbocycles. The fourth-order valence-electron chi connectivity index (χ4n) is 7.18. The van der Waals surface area contributed by atoms with Crippen molar-refractivity contribution in [3.63, 3.8) is 0 Å². The molecule has 10 atom stereocenters. The number of benzene rings is 4. The van der Waals surface area contributed by atoms with Gasteiger partial charge < -0.3 is 47.1 Å². The summed E-state index contributed by atoms with van der Waals surface area (Å²) in [5.74, 6) is -5.09. The van der Waals surface area contributed by atoms with Gasteiger partial charge in [0.25, 0.3) is 0 Å². The number of hydrogen-bond donors (Lipinski definition) is 0. The van der Waals surface area contributed by atoms with Crippen LogP contribution < -0.4 is 0 Å². The first kappa shape index (κ1) is 49.5. The number of ether oxygens (including phenoxy) is 9. The Kier molecular flexibility index (Phi) is 17.0. The van der Waals surface area contributed by atoms with Gasteiger partial charge in [0.15, 0.2) is 51.4 Å². The summed E-state index contributed by atoms with van der Waals surface area (Å²) in [5.41, 5.74) is 10.3. The molecule has 0 aliphatic carbocycles. The van der Waals surface area contributed by atoms with Crippen LogP contribution in [0, 0.1) is 0 Å². The third-order valence-corrected chi connectivity index (χ3v) is 11.0. The third-order valence-electron chi connectivity index (χ3n) is 10.0. The van der Waals surface area contributed by atoms with Crippen molar-refractivity contribution in [1.82, 2.24) is 0 Å². The molecule has 0 radical (unpaired) electrons. The van der Waals surface area contributed by atoms with Crippen LogP contribution in [0.3, 0.4) is 0 Å². The fourth-order valence-corrected chi connectivity index (χ4v) is 8.26. The minimum atomic E-state index is -2.71. The summed E-state index contributed by atoms with van der Waals surface area (Å²) in [4.78, 5) is 83.0. The van der Waals surface area contributed by atoms with E-state index < -0.39 is 119 Å². The number of carbonyl (C=O) groups is 6. The van der Waals surface area contributed by atoms with Crippen LogP contribution in [-0.4, -0.2) is 119 Å². The predicted molar refractivity (Wildman–Crippen MR) is 235 cm³/mol. The highest BCUT2D eigenvalue weighted by atomic mass is 28.4. The second-order valence-corrected chi connectivity index (χ2v) is 20.6. The Bertz CT molecular complexity index is 2380. The van der Waals surface area contributed by atoms with Crippen molar-refractivity contribution in [3.05, 3.63) is 154 Å². The van der Waals surface area contributed by atoms with E-state index in [1.54, 1.807) is 72.8 Å². The van der Waals surface area contributed by atoms with Gasteiger partial charge in [-0.2, -0.15) is 0 Å². The Hall–Kier alpha value is -6.93. The van der Waals surface area contributed by atoms with Gasteiger partial charge in [-0.15, -0.1) is 0 Å². The minimum absolute atomic E-state index is 0.0748. The molecule has 2 saturated heterocycles. The number of azide groups is 1. The Morgan fingerprint density at radius 1 is 0.522 bits per heavy atom. The molecular weight excluding hydrogens is 891 g/mol. The molecule has 0 aromatic heterocycles. The normalized spacial score (nSPS) is 24.7. The average Bonchev–Trinajstić information content (AvgIpc) is 3.31. The molecule has 0 spiro atoms.